The van der Waals surface area contributed by atoms with Crippen LogP contribution in [0.3, 0.4) is 0 Å². The van der Waals surface area contributed by atoms with E-state index in [1.165, 1.54) is 0 Å². The molecule has 0 bridgehead atoms. The summed E-state index contributed by atoms with van der Waals surface area (Å²) < 4.78 is 0. The van der Waals surface area contributed by atoms with Gasteiger partial charge in [0.1, 0.15) is 0 Å². The molecular weight excluding hydrogens is 347 g/mol. The van der Waals surface area contributed by atoms with Gasteiger partial charge in [0.05, 0.1) is 6.42 Å². The Bertz CT molecular complexity index is 743. The molecule has 0 radical (unpaired) electrons. The number of amides is 2. The molecule has 2 rings (SSSR count). The molecule has 0 saturated heterocycles. The summed E-state index contributed by atoms with van der Waals surface area (Å²) in [4.78, 5) is 23.7. The van der Waals surface area contributed by atoms with E-state index in [9.17, 15) is 9.59 Å². The molecule has 0 aliphatic carbocycles. The maximum atomic E-state index is 12.1. The third kappa shape index (κ3) is 5.25. The number of nitrogens with one attached hydrogen (secondary N) is 2. The second kappa shape index (κ2) is 8.18. The number of hydrogen-bond acceptors (Lipinski definition) is 2. The zero-order valence-corrected chi connectivity index (χ0v) is 14.9. The Morgan fingerprint density at radius 2 is 1.54 bits per heavy atom. The molecule has 24 heavy (non-hydrogen) atoms. The van der Waals surface area contributed by atoms with Crippen molar-refractivity contribution < 1.29 is 9.59 Å². The lowest BCUT2D eigenvalue weighted by molar-refractivity contribution is -0.119. The van der Waals surface area contributed by atoms with E-state index in [4.69, 9.17) is 23.2 Å². The molecule has 0 aliphatic rings. The molecule has 0 spiro atoms. The topological polar surface area (TPSA) is 58.2 Å². The second-order valence-electron chi connectivity index (χ2n) is 5.68. The van der Waals surface area contributed by atoms with E-state index < -0.39 is 0 Å². The van der Waals surface area contributed by atoms with Crippen LogP contribution in [-0.2, 0) is 16.0 Å². The Balaban J connectivity index is 1.95. The van der Waals surface area contributed by atoms with Crippen molar-refractivity contribution in [3.05, 3.63) is 58.1 Å². The van der Waals surface area contributed by atoms with Gasteiger partial charge in [-0.15, -0.1) is 0 Å². The normalized spacial score (nSPS) is 10.5. The highest BCUT2D eigenvalue weighted by atomic mass is 35.5. The smallest absolute Gasteiger partial charge is 0.228 e. The van der Waals surface area contributed by atoms with Crippen LogP contribution in [0.25, 0.3) is 0 Å². The van der Waals surface area contributed by atoms with Crippen molar-refractivity contribution in [1.82, 2.24) is 0 Å². The highest BCUT2D eigenvalue weighted by Gasteiger charge is 2.09. The summed E-state index contributed by atoms with van der Waals surface area (Å²) in [6.07, 6.45) is 0.155. The first-order valence-electron chi connectivity index (χ1n) is 7.50. The fourth-order valence-corrected chi connectivity index (χ4v) is 2.44. The average Bonchev–Trinajstić information content (AvgIpc) is 2.52. The third-order valence-electron chi connectivity index (χ3n) is 3.33. The molecule has 2 N–H and O–H groups in total. The van der Waals surface area contributed by atoms with E-state index in [1.807, 2.05) is 13.8 Å². The van der Waals surface area contributed by atoms with Crippen LogP contribution >= 0.6 is 23.2 Å². The molecule has 2 amide bonds. The zero-order valence-electron chi connectivity index (χ0n) is 13.4. The van der Waals surface area contributed by atoms with E-state index in [1.54, 1.807) is 42.5 Å². The van der Waals surface area contributed by atoms with Gasteiger partial charge < -0.3 is 10.6 Å². The van der Waals surface area contributed by atoms with E-state index >= 15 is 0 Å². The average molecular weight is 365 g/mol. The van der Waals surface area contributed by atoms with Gasteiger partial charge >= 0.3 is 0 Å². The van der Waals surface area contributed by atoms with Crippen LogP contribution in [0.1, 0.15) is 19.4 Å². The number of anilines is 2. The Labute approximate surface area is 151 Å². The van der Waals surface area contributed by atoms with Crippen LogP contribution in [0.4, 0.5) is 11.4 Å². The summed E-state index contributed by atoms with van der Waals surface area (Å²) in [6.45, 7) is 3.65. The van der Waals surface area contributed by atoms with Gasteiger partial charge in [-0.25, -0.2) is 0 Å². The van der Waals surface area contributed by atoms with E-state index in [2.05, 4.69) is 10.6 Å². The summed E-state index contributed by atoms with van der Waals surface area (Å²) in [6, 6.07) is 12.0. The first kappa shape index (κ1) is 18.3. The fraction of sp³-hybridized carbons (Fsp3) is 0.222. The molecule has 2 aromatic rings. The molecule has 0 aromatic heterocycles. The molecule has 2 aromatic carbocycles. The standard InChI is InChI=1S/C18H18Cl2N2O2/c1-11(2)18(24)22-15-7-5-14(6-8-15)21-17(23)9-12-3-4-13(19)10-16(12)20/h3-8,10-11H,9H2,1-2H3,(H,21,23)(H,22,24). The van der Waals surface area contributed by atoms with E-state index in [0.29, 0.717) is 27.0 Å². The Morgan fingerprint density at radius 1 is 0.958 bits per heavy atom. The van der Waals surface area contributed by atoms with Gasteiger partial charge in [0.25, 0.3) is 0 Å². The lowest BCUT2D eigenvalue weighted by atomic mass is 10.1. The SMILES string of the molecule is CC(C)C(=O)Nc1ccc(NC(=O)Cc2ccc(Cl)cc2Cl)cc1. The largest absolute Gasteiger partial charge is 0.326 e. The van der Waals surface area contributed by atoms with Gasteiger partial charge in [0, 0.05) is 27.3 Å². The highest BCUT2D eigenvalue weighted by Crippen LogP contribution is 2.22. The molecule has 4 nitrogen and oxygen atoms in total. The predicted octanol–water partition coefficient (Wildman–Crippen LogP) is 4.77. The fourth-order valence-electron chi connectivity index (χ4n) is 1.97. The van der Waals surface area contributed by atoms with E-state index in [-0.39, 0.29) is 24.2 Å². The lowest BCUT2D eigenvalue weighted by Crippen LogP contribution is -2.18. The van der Waals surface area contributed by atoms with Crippen molar-refractivity contribution in [3.63, 3.8) is 0 Å². The van der Waals surface area contributed by atoms with Crippen molar-refractivity contribution in [1.29, 1.82) is 0 Å². The third-order valence-corrected chi connectivity index (χ3v) is 3.91. The van der Waals surface area contributed by atoms with E-state index in [0.717, 1.165) is 0 Å². The van der Waals surface area contributed by atoms with Crippen LogP contribution < -0.4 is 10.6 Å². The summed E-state index contributed by atoms with van der Waals surface area (Å²) in [7, 11) is 0. The number of rotatable bonds is 5. The summed E-state index contributed by atoms with van der Waals surface area (Å²) in [5.41, 5.74) is 2.04. The minimum absolute atomic E-state index is 0.0517. The summed E-state index contributed by atoms with van der Waals surface area (Å²) >= 11 is 11.9. The Kier molecular flexibility index (Phi) is 6.23. The van der Waals surface area contributed by atoms with Crippen LogP contribution in [-0.4, -0.2) is 11.8 Å². The molecule has 0 atom stereocenters. The highest BCUT2D eigenvalue weighted by molar-refractivity contribution is 6.35. The minimum atomic E-state index is -0.182. The molecule has 0 heterocycles. The predicted molar refractivity (Wildman–Crippen MR) is 98.7 cm³/mol. The molecule has 0 unspecified atom stereocenters. The van der Waals surface area contributed by atoms with Crippen molar-refractivity contribution in [2.45, 2.75) is 20.3 Å². The Hall–Kier alpha value is -2.04. The molecule has 0 fully saturated rings. The number of carbonyl (C=O) groups is 2. The van der Waals surface area contributed by atoms with Crippen LogP contribution in [0, 0.1) is 5.92 Å². The lowest BCUT2D eigenvalue weighted by Gasteiger charge is -2.10. The number of benzene rings is 2. The van der Waals surface area contributed by atoms with Crippen LogP contribution in [0.5, 0.6) is 0 Å². The second-order valence-corrected chi connectivity index (χ2v) is 6.53. The quantitative estimate of drug-likeness (QED) is 0.802. The van der Waals surface area contributed by atoms with Gasteiger partial charge in [0.2, 0.25) is 11.8 Å². The van der Waals surface area contributed by atoms with Crippen molar-refractivity contribution in [2.24, 2.45) is 5.92 Å². The molecule has 126 valence electrons. The first-order valence-corrected chi connectivity index (χ1v) is 8.25. The first-order chi connectivity index (χ1) is 11.3. The Morgan fingerprint density at radius 3 is 2.08 bits per heavy atom. The van der Waals surface area contributed by atoms with Crippen molar-refractivity contribution in [3.8, 4) is 0 Å². The molecule has 0 aliphatic heterocycles. The van der Waals surface area contributed by atoms with Gasteiger partial charge in [-0.2, -0.15) is 0 Å². The van der Waals surface area contributed by atoms with Gasteiger partial charge in [0.15, 0.2) is 0 Å². The molecule has 0 saturated carbocycles. The van der Waals surface area contributed by atoms with Gasteiger partial charge in [-0.3, -0.25) is 9.59 Å². The summed E-state index contributed by atoms with van der Waals surface area (Å²) in [5, 5.41) is 6.58. The molecular formula is C18H18Cl2N2O2. The molecule has 6 heteroatoms. The van der Waals surface area contributed by atoms with Crippen LogP contribution in [0.15, 0.2) is 42.5 Å². The maximum Gasteiger partial charge on any atom is 0.228 e. The van der Waals surface area contributed by atoms with Gasteiger partial charge in [-0.05, 0) is 42.0 Å². The van der Waals surface area contributed by atoms with Crippen molar-refractivity contribution in [2.75, 3.05) is 10.6 Å². The summed E-state index contributed by atoms with van der Waals surface area (Å²) in [5.74, 6) is -0.323. The minimum Gasteiger partial charge on any atom is -0.326 e. The zero-order chi connectivity index (χ0) is 17.7. The monoisotopic (exact) mass is 364 g/mol. The number of hydrogen-bond donors (Lipinski definition) is 2. The number of carbonyl (C=O) groups excluding carboxylic acids is 2. The van der Waals surface area contributed by atoms with Crippen LogP contribution in [0.2, 0.25) is 10.0 Å². The maximum absolute atomic E-state index is 12.1. The van der Waals surface area contributed by atoms with Crippen molar-refractivity contribution >= 4 is 46.4 Å². The van der Waals surface area contributed by atoms with Gasteiger partial charge in [-0.1, -0.05) is 43.1 Å². The number of halogens is 2.